The fraction of sp³-hybridized carbons (Fsp3) is 0. The summed E-state index contributed by atoms with van der Waals surface area (Å²) in [6.45, 7) is 0. The third-order valence-electron chi connectivity index (χ3n) is 10.2. The summed E-state index contributed by atoms with van der Waals surface area (Å²) in [4.78, 5) is 0. The molecule has 0 unspecified atom stereocenters. The topological polar surface area (TPSA) is 13.1 Å². The van der Waals surface area contributed by atoms with E-state index in [-0.39, 0.29) is 0 Å². The Morgan fingerprint density at radius 1 is 0.354 bits per heavy atom. The fourth-order valence-electron chi connectivity index (χ4n) is 8.11. The largest absolute Gasteiger partial charge is 0.455 e. The highest BCUT2D eigenvalue weighted by Crippen LogP contribution is 2.48. The molecule has 2 aromatic heterocycles. The molecule has 0 bridgehead atoms. The van der Waals surface area contributed by atoms with E-state index in [4.69, 9.17) is 4.42 Å². The van der Waals surface area contributed by atoms with Gasteiger partial charge in [0.1, 0.15) is 11.2 Å². The van der Waals surface area contributed by atoms with Gasteiger partial charge in [0, 0.05) is 36.3 Å². The zero-order chi connectivity index (χ0) is 31.3. The second-order valence-corrected chi connectivity index (χ2v) is 13.9. The molecule has 0 spiro atoms. The van der Waals surface area contributed by atoms with Crippen LogP contribution in [0.15, 0.2) is 162 Å². The first-order chi connectivity index (χ1) is 23.8. The predicted octanol–water partition coefficient (Wildman–Crippen LogP) is 13.9. The molecular weight excluding hydrogens is 601 g/mol. The van der Waals surface area contributed by atoms with Gasteiger partial charge in [0.25, 0.3) is 0 Å². The normalized spacial score (nSPS) is 12.2. The molecule has 11 rings (SSSR count). The van der Waals surface area contributed by atoms with Gasteiger partial charge < -0.3 is 4.42 Å². The number of furan rings is 1. The maximum Gasteiger partial charge on any atom is 0.143 e. The second-order valence-electron chi connectivity index (χ2n) is 12.8. The van der Waals surface area contributed by atoms with E-state index in [9.17, 15) is 0 Å². The van der Waals surface area contributed by atoms with Crippen molar-refractivity contribution in [1.29, 1.82) is 0 Å². The number of fused-ring (bicyclic) bond motifs is 12. The van der Waals surface area contributed by atoms with Crippen LogP contribution in [0.5, 0.6) is 0 Å². The molecule has 0 radical (unpaired) electrons. The monoisotopic (exact) mass is 626 g/mol. The van der Waals surface area contributed by atoms with Gasteiger partial charge in [-0.3, -0.25) is 0 Å². The molecule has 222 valence electrons. The molecule has 0 saturated carbocycles. The molecule has 0 atom stereocenters. The molecule has 48 heavy (non-hydrogen) atoms. The Bertz CT molecular complexity index is 3060. The lowest BCUT2D eigenvalue weighted by Crippen LogP contribution is -1.91. The van der Waals surface area contributed by atoms with Crippen LogP contribution in [0, 0.1) is 0 Å². The first-order valence-electron chi connectivity index (χ1n) is 16.4. The van der Waals surface area contributed by atoms with E-state index < -0.39 is 0 Å². The molecule has 1 nitrogen and oxygen atoms in total. The van der Waals surface area contributed by atoms with Crippen LogP contribution in [0.1, 0.15) is 0 Å². The molecule has 0 aliphatic carbocycles. The van der Waals surface area contributed by atoms with Gasteiger partial charge in [0.15, 0.2) is 0 Å². The van der Waals surface area contributed by atoms with E-state index in [0.717, 1.165) is 16.6 Å². The second kappa shape index (κ2) is 9.78. The average molecular weight is 627 g/mol. The molecule has 2 heterocycles. The minimum Gasteiger partial charge on any atom is -0.455 e. The van der Waals surface area contributed by atoms with Gasteiger partial charge in [-0.15, -0.1) is 11.3 Å². The van der Waals surface area contributed by atoms with Crippen LogP contribution in [0.3, 0.4) is 0 Å². The van der Waals surface area contributed by atoms with Crippen LogP contribution in [0.2, 0.25) is 0 Å². The van der Waals surface area contributed by atoms with Gasteiger partial charge in [-0.25, -0.2) is 0 Å². The highest BCUT2D eigenvalue weighted by molar-refractivity contribution is 7.26. The van der Waals surface area contributed by atoms with Gasteiger partial charge in [-0.2, -0.15) is 0 Å². The van der Waals surface area contributed by atoms with Crippen LogP contribution < -0.4 is 0 Å². The summed E-state index contributed by atoms with van der Waals surface area (Å²) in [5.74, 6) is 0. The third-order valence-corrected chi connectivity index (χ3v) is 11.4. The van der Waals surface area contributed by atoms with Crippen LogP contribution in [-0.2, 0) is 0 Å². The van der Waals surface area contributed by atoms with Crippen LogP contribution in [-0.4, -0.2) is 0 Å². The molecule has 0 N–H and O–H groups in total. The first-order valence-corrected chi connectivity index (χ1v) is 17.2. The predicted molar refractivity (Wildman–Crippen MR) is 208 cm³/mol. The first kappa shape index (κ1) is 26.1. The van der Waals surface area contributed by atoms with Crippen molar-refractivity contribution in [2.24, 2.45) is 0 Å². The average Bonchev–Trinajstić information content (AvgIpc) is 3.71. The highest BCUT2D eigenvalue weighted by Gasteiger charge is 2.20. The SMILES string of the molecule is c1ccc2cc(-c3c4ccccc4c(-c4ccc5sc6ccc7oc8c9ccccc9ccc8c7c6c5c4)c4ccccc34)ccc2c1. The van der Waals surface area contributed by atoms with E-state index in [1.165, 1.54) is 90.9 Å². The number of thiophene rings is 1. The molecule has 0 amide bonds. The van der Waals surface area contributed by atoms with E-state index in [1.54, 1.807) is 0 Å². The van der Waals surface area contributed by atoms with Crippen molar-refractivity contribution in [2.45, 2.75) is 0 Å². The summed E-state index contributed by atoms with van der Waals surface area (Å²) >= 11 is 1.86. The minimum atomic E-state index is 0.939. The molecular formula is C46H26OS. The van der Waals surface area contributed by atoms with Crippen molar-refractivity contribution < 1.29 is 4.42 Å². The highest BCUT2D eigenvalue weighted by atomic mass is 32.1. The number of hydrogen-bond donors (Lipinski definition) is 0. The summed E-state index contributed by atoms with van der Waals surface area (Å²) in [6, 6.07) is 57.8. The van der Waals surface area contributed by atoms with E-state index in [1.807, 2.05) is 11.3 Å². The van der Waals surface area contributed by atoms with Gasteiger partial charge in [-0.1, -0.05) is 121 Å². The Labute approximate surface area is 279 Å². The van der Waals surface area contributed by atoms with Crippen LogP contribution in [0.25, 0.3) is 107 Å². The van der Waals surface area contributed by atoms with Crippen LogP contribution in [0.4, 0.5) is 0 Å². The summed E-state index contributed by atoms with van der Waals surface area (Å²) in [5.41, 5.74) is 6.95. The summed E-state index contributed by atoms with van der Waals surface area (Å²) in [6.07, 6.45) is 0. The minimum absolute atomic E-state index is 0.939. The van der Waals surface area contributed by atoms with E-state index in [0.29, 0.717) is 0 Å². The quantitative estimate of drug-likeness (QED) is 0.174. The lowest BCUT2D eigenvalue weighted by Gasteiger charge is -2.18. The molecule has 0 fully saturated rings. The number of benzene rings is 9. The van der Waals surface area contributed by atoms with Crippen molar-refractivity contribution in [1.82, 2.24) is 0 Å². The maximum absolute atomic E-state index is 6.61. The van der Waals surface area contributed by atoms with Crippen molar-refractivity contribution in [3.63, 3.8) is 0 Å². The van der Waals surface area contributed by atoms with E-state index >= 15 is 0 Å². The molecule has 2 heteroatoms. The summed E-state index contributed by atoms with van der Waals surface area (Å²) in [7, 11) is 0. The van der Waals surface area contributed by atoms with E-state index in [2.05, 4.69) is 158 Å². The van der Waals surface area contributed by atoms with Crippen LogP contribution >= 0.6 is 11.3 Å². The van der Waals surface area contributed by atoms with Gasteiger partial charge in [-0.05, 0) is 96.4 Å². The summed E-state index contributed by atoms with van der Waals surface area (Å²) < 4.78 is 9.18. The maximum atomic E-state index is 6.61. The van der Waals surface area contributed by atoms with Crippen molar-refractivity contribution >= 4 is 96.5 Å². The van der Waals surface area contributed by atoms with Gasteiger partial charge in [0.05, 0.1) is 0 Å². The zero-order valence-electron chi connectivity index (χ0n) is 25.8. The molecule has 9 aromatic carbocycles. The van der Waals surface area contributed by atoms with Crippen molar-refractivity contribution in [3.8, 4) is 22.3 Å². The molecule has 0 aliphatic rings. The van der Waals surface area contributed by atoms with Gasteiger partial charge >= 0.3 is 0 Å². The third kappa shape index (κ3) is 3.61. The molecule has 0 saturated heterocycles. The van der Waals surface area contributed by atoms with Gasteiger partial charge in [0.2, 0.25) is 0 Å². The molecule has 11 aromatic rings. The standard InChI is InChI=1S/C46H26OS/c1-2-11-29-25-30(18-17-27(29)9-1)42-33-13-5-7-15-35(33)43(36-16-8-6-14-34(36)42)31-20-23-40-38(26-31)45-41(48-40)24-22-39-44(45)37-21-19-28-10-3-4-12-32(28)46(37)47-39/h1-26H. The lowest BCUT2D eigenvalue weighted by atomic mass is 9.85. The fourth-order valence-corrected chi connectivity index (χ4v) is 9.21. The zero-order valence-corrected chi connectivity index (χ0v) is 26.6. The number of rotatable bonds is 2. The summed E-state index contributed by atoms with van der Waals surface area (Å²) in [5, 5.41) is 14.9. The Kier molecular flexibility index (Phi) is 5.32. The van der Waals surface area contributed by atoms with Crippen molar-refractivity contribution in [3.05, 3.63) is 158 Å². The number of hydrogen-bond acceptors (Lipinski definition) is 2. The smallest absolute Gasteiger partial charge is 0.143 e. The Morgan fingerprint density at radius 3 is 1.65 bits per heavy atom. The Morgan fingerprint density at radius 2 is 0.917 bits per heavy atom. The molecule has 0 aliphatic heterocycles. The lowest BCUT2D eigenvalue weighted by molar-refractivity contribution is 0.673. The Hall–Kier alpha value is -5.96. The Balaban J connectivity index is 1.23. The van der Waals surface area contributed by atoms with Crippen molar-refractivity contribution in [2.75, 3.05) is 0 Å².